The molecular formula is C14H20B6O2. The van der Waals surface area contributed by atoms with Crippen LogP contribution in [-0.4, -0.2) is 59.3 Å². The Balaban J connectivity index is 2.96. The van der Waals surface area contributed by atoms with Crippen molar-refractivity contribution in [1.29, 1.82) is 0 Å². The third kappa shape index (κ3) is 2.39. The van der Waals surface area contributed by atoms with Crippen molar-refractivity contribution in [3.05, 3.63) is 11.6 Å². The van der Waals surface area contributed by atoms with Gasteiger partial charge in [-0.2, -0.15) is 0 Å². The molecule has 0 aliphatic heterocycles. The van der Waals surface area contributed by atoms with Crippen LogP contribution in [0.5, 0.6) is 11.5 Å². The number of ether oxygens (including phenoxy) is 1. The van der Waals surface area contributed by atoms with Gasteiger partial charge in [0.15, 0.2) is 11.5 Å². The lowest BCUT2D eigenvalue weighted by molar-refractivity contribution is 0.377. The molecule has 0 unspecified atom stereocenters. The fourth-order valence-electron chi connectivity index (χ4n) is 3.10. The van der Waals surface area contributed by atoms with Crippen LogP contribution in [0.1, 0.15) is 5.56 Å². The van der Waals surface area contributed by atoms with E-state index in [2.05, 4.69) is 52.2 Å². The molecule has 2 nitrogen and oxygen atoms in total. The molecule has 0 amide bonds. The maximum Gasteiger partial charge on any atom is 0.167 e. The number of aromatic hydroxyl groups is 1. The number of aryl methyl sites for hydroxylation is 1. The molecule has 0 bridgehead atoms. The third-order valence-electron chi connectivity index (χ3n) is 5.25. The molecule has 0 atom stereocenters. The SMILES string of the molecule is Bc1c(C)cc(-c2c(B)c(B)c(B)c(O)c2OC)c(B)c1B. The molecule has 0 radical (unpaired) electrons. The van der Waals surface area contributed by atoms with Crippen molar-refractivity contribution >= 4 is 79.9 Å². The van der Waals surface area contributed by atoms with Crippen LogP contribution in [0.4, 0.5) is 0 Å². The summed E-state index contributed by atoms with van der Waals surface area (Å²) >= 11 is 0. The van der Waals surface area contributed by atoms with Crippen molar-refractivity contribution in [2.75, 3.05) is 7.11 Å². The first-order chi connectivity index (χ1) is 10.2. The molecule has 22 heavy (non-hydrogen) atoms. The topological polar surface area (TPSA) is 29.5 Å². The lowest BCUT2D eigenvalue weighted by atomic mass is 9.64. The third-order valence-corrected chi connectivity index (χ3v) is 5.25. The van der Waals surface area contributed by atoms with E-state index >= 15 is 0 Å². The van der Waals surface area contributed by atoms with Gasteiger partial charge in [0.2, 0.25) is 0 Å². The molecule has 106 valence electrons. The second-order valence-corrected chi connectivity index (χ2v) is 6.25. The van der Waals surface area contributed by atoms with Gasteiger partial charge < -0.3 is 9.84 Å². The van der Waals surface area contributed by atoms with Crippen molar-refractivity contribution < 1.29 is 9.84 Å². The van der Waals surface area contributed by atoms with Crippen molar-refractivity contribution in [3.63, 3.8) is 0 Å². The van der Waals surface area contributed by atoms with Gasteiger partial charge in [-0.1, -0.05) is 38.9 Å². The summed E-state index contributed by atoms with van der Waals surface area (Å²) in [5, 5.41) is 10.5. The summed E-state index contributed by atoms with van der Waals surface area (Å²) in [7, 11) is 14.2. The Kier molecular flexibility index (Phi) is 4.51. The summed E-state index contributed by atoms with van der Waals surface area (Å²) in [5.41, 5.74) is 10.4. The lowest BCUT2D eigenvalue weighted by Gasteiger charge is -2.23. The van der Waals surface area contributed by atoms with Crippen LogP contribution >= 0.6 is 0 Å². The predicted molar refractivity (Wildman–Crippen MR) is 114 cm³/mol. The van der Waals surface area contributed by atoms with Gasteiger partial charge in [-0.25, -0.2) is 0 Å². The minimum atomic E-state index is 0.246. The average molecular weight is 285 g/mol. The first kappa shape index (κ1) is 16.8. The minimum absolute atomic E-state index is 0.246. The van der Waals surface area contributed by atoms with Crippen LogP contribution in [0.15, 0.2) is 6.07 Å². The Labute approximate surface area is 138 Å². The van der Waals surface area contributed by atoms with Crippen LogP contribution in [-0.2, 0) is 0 Å². The maximum atomic E-state index is 10.5. The Morgan fingerprint density at radius 1 is 0.818 bits per heavy atom. The van der Waals surface area contributed by atoms with E-state index in [4.69, 9.17) is 4.74 Å². The fraction of sp³-hybridized carbons (Fsp3) is 0.143. The first-order valence-electron chi connectivity index (χ1n) is 7.66. The van der Waals surface area contributed by atoms with Gasteiger partial charge in [-0.05, 0) is 12.5 Å². The smallest absolute Gasteiger partial charge is 0.167 e. The van der Waals surface area contributed by atoms with Crippen molar-refractivity contribution in [2.45, 2.75) is 6.92 Å². The molecule has 0 saturated carbocycles. The lowest BCUT2D eigenvalue weighted by Crippen LogP contribution is -2.44. The Hall–Kier alpha value is -1.57. The largest absolute Gasteiger partial charge is 0.505 e. The molecule has 0 fully saturated rings. The van der Waals surface area contributed by atoms with E-state index in [-0.39, 0.29) is 5.75 Å². The van der Waals surface area contributed by atoms with Crippen LogP contribution in [0.3, 0.4) is 0 Å². The van der Waals surface area contributed by atoms with E-state index in [1.165, 1.54) is 22.0 Å². The van der Waals surface area contributed by atoms with Gasteiger partial charge in [0, 0.05) is 5.56 Å². The monoisotopic (exact) mass is 286 g/mol. The fourth-order valence-corrected chi connectivity index (χ4v) is 3.10. The molecule has 2 aromatic rings. The standard InChI is InChI=1S/C14H20B6O2/c1-4-3-5(8(16)10(18)7(4)15)6-9(17)11(19)12(20)13(21)14(6)22-2/h3,21H,15-20H2,1-2H3. The number of hydrogen-bond acceptors (Lipinski definition) is 2. The Morgan fingerprint density at radius 2 is 1.36 bits per heavy atom. The van der Waals surface area contributed by atoms with Gasteiger partial charge in [0.1, 0.15) is 47.1 Å². The molecule has 0 saturated heterocycles. The van der Waals surface area contributed by atoms with Gasteiger partial charge in [-0.3, -0.25) is 0 Å². The van der Waals surface area contributed by atoms with Crippen LogP contribution < -0.4 is 37.5 Å². The summed E-state index contributed by atoms with van der Waals surface area (Å²) in [6, 6.07) is 2.21. The van der Waals surface area contributed by atoms with Crippen molar-refractivity contribution in [3.8, 4) is 22.6 Å². The highest BCUT2D eigenvalue weighted by Gasteiger charge is 2.21. The highest BCUT2D eigenvalue weighted by atomic mass is 16.5. The zero-order valence-electron chi connectivity index (χ0n) is 14.9. The van der Waals surface area contributed by atoms with E-state index in [1.54, 1.807) is 7.11 Å². The predicted octanol–water partition coefficient (Wildman–Crippen LogP) is -7.07. The van der Waals surface area contributed by atoms with Gasteiger partial charge in [-0.15, -0.1) is 5.46 Å². The summed E-state index contributed by atoms with van der Waals surface area (Å²) in [4.78, 5) is 0. The number of phenols is 1. The molecule has 2 rings (SSSR count). The van der Waals surface area contributed by atoms with Crippen LogP contribution in [0.25, 0.3) is 11.1 Å². The Bertz CT molecular complexity index is 773. The summed E-state index contributed by atoms with van der Waals surface area (Å²) in [6.07, 6.45) is 0. The second kappa shape index (κ2) is 5.91. The number of rotatable bonds is 2. The molecule has 0 aliphatic carbocycles. The van der Waals surface area contributed by atoms with E-state index in [0.717, 1.165) is 27.5 Å². The first-order valence-corrected chi connectivity index (χ1v) is 7.66. The van der Waals surface area contributed by atoms with Gasteiger partial charge in [0.05, 0.1) is 7.11 Å². The van der Waals surface area contributed by atoms with E-state index in [9.17, 15) is 5.11 Å². The summed E-state index contributed by atoms with van der Waals surface area (Å²) < 4.78 is 5.56. The molecule has 8 heteroatoms. The van der Waals surface area contributed by atoms with Crippen LogP contribution in [0.2, 0.25) is 0 Å². The van der Waals surface area contributed by atoms with E-state index in [1.807, 2.05) is 7.85 Å². The normalized spacial score (nSPS) is 10.6. The number of benzene rings is 2. The molecule has 2 aromatic carbocycles. The highest BCUT2D eigenvalue weighted by Crippen LogP contribution is 2.32. The van der Waals surface area contributed by atoms with E-state index in [0.29, 0.717) is 5.75 Å². The molecule has 0 aliphatic rings. The van der Waals surface area contributed by atoms with Gasteiger partial charge in [0.25, 0.3) is 0 Å². The summed E-state index contributed by atoms with van der Waals surface area (Å²) in [6.45, 7) is 2.13. The van der Waals surface area contributed by atoms with Crippen molar-refractivity contribution in [2.24, 2.45) is 0 Å². The van der Waals surface area contributed by atoms with E-state index < -0.39 is 0 Å². The van der Waals surface area contributed by atoms with Gasteiger partial charge >= 0.3 is 0 Å². The van der Waals surface area contributed by atoms with Crippen molar-refractivity contribution in [1.82, 2.24) is 0 Å². The second-order valence-electron chi connectivity index (χ2n) is 6.25. The molecule has 0 spiro atoms. The number of phenolic OH excluding ortho intramolecular Hbond substituents is 1. The zero-order valence-corrected chi connectivity index (χ0v) is 14.9. The maximum absolute atomic E-state index is 10.5. The molecular weight excluding hydrogens is 265 g/mol. The molecule has 1 N–H and O–H groups in total. The zero-order chi connectivity index (χ0) is 16.8. The minimum Gasteiger partial charge on any atom is -0.505 e. The van der Waals surface area contributed by atoms with Crippen LogP contribution in [0, 0.1) is 6.92 Å². The number of hydrogen-bond donors (Lipinski definition) is 1. The summed E-state index contributed by atoms with van der Waals surface area (Å²) in [5.74, 6) is 0.822. The highest BCUT2D eigenvalue weighted by molar-refractivity contribution is 6.62. The number of methoxy groups -OCH3 is 1. The Morgan fingerprint density at radius 3 is 1.91 bits per heavy atom. The molecule has 0 heterocycles. The quantitative estimate of drug-likeness (QED) is 0.556. The molecule has 0 aromatic heterocycles. The average Bonchev–Trinajstić information content (AvgIpc) is 2.50.